The van der Waals surface area contributed by atoms with Crippen LogP contribution in [-0.4, -0.2) is 61.0 Å². The molecule has 0 aliphatic carbocycles. The number of benzene rings is 1. The van der Waals surface area contributed by atoms with Crippen LogP contribution in [0.5, 0.6) is 0 Å². The zero-order chi connectivity index (χ0) is 23.8. The van der Waals surface area contributed by atoms with Crippen molar-refractivity contribution in [3.63, 3.8) is 0 Å². The number of nitrogens with zero attached hydrogens (tertiary/aromatic N) is 2. The summed E-state index contributed by atoms with van der Waals surface area (Å²) in [5.41, 5.74) is 3.81. The average Bonchev–Trinajstić information content (AvgIpc) is 3.46. The van der Waals surface area contributed by atoms with Gasteiger partial charge in [-0.05, 0) is 19.3 Å². The van der Waals surface area contributed by atoms with Gasteiger partial charge in [0.05, 0.1) is 37.8 Å². The monoisotopic (exact) mass is 450 g/mol. The molecule has 0 spiro atoms. The van der Waals surface area contributed by atoms with Gasteiger partial charge in [-0.3, -0.25) is 4.79 Å². The number of carbonyl (C=O) groups excluding carboxylic acids is 2. The molecular formula is C24H31BN4O4. The molecule has 2 N–H and O–H groups in total. The number of hydrogen-bond donors (Lipinski definition) is 2. The molecule has 1 aromatic heterocycles. The molecule has 1 aliphatic rings. The molecule has 1 aliphatic heterocycles. The molecule has 1 fully saturated rings. The summed E-state index contributed by atoms with van der Waals surface area (Å²) in [6, 6.07) is 7.19. The highest BCUT2D eigenvalue weighted by molar-refractivity contribution is 6.32. The number of carbonyl (C=O) groups is 2. The highest BCUT2D eigenvalue weighted by atomic mass is 16.5. The van der Waals surface area contributed by atoms with Crippen LogP contribution >= 0.6 is 0 Å². The molecule has 2 heterocycles. The summed E-state index contributed by atoms with van der Waals surface area (Å²) < 4.78 is 10.4. The lowest BCUT2D eigenvalue weighted by atomic mass is 9.94. The van der Waals surface area contributed by atoms with Gasteiger partial charge >= 0.3 is 6.09 Å². The summed E-state index contributed by atoms with van der Waals surface area (Å²) in [5.74, 6) is 0.532. The molecule has 0 bridgehead atoms. The van der Waals surface area contributed by atoms with Crippen LogP contribution in [0.4, 0.5) is 4.79 Å². The number of aromatic amines is 1. The summed E-state index contributed by atoms with van der Waals surface area (Å²) in [7, 11) is 3.31. The number of amides is 2. The second-order valence-corrected chi connectivity index (χ2v) is 8.02. The van der Waals surface area contributed by atoms with Crippen molar-refractivity contribution in [1.82, 2.24) is 20.2 Å². The van der Waals surface area contributed by atoms with Crippen LogP contribution in [0.25, 0.3) is 11.3 Å². The third-order valence-electron chi connectivity index (χ3n) is 5.63. The number of H-pyrrole nitrogens is 1. The molecule has 174 valence electrons. The fraction of sp³-hybridized carbons (Fsp3) is 0.375. The van der Waals surface area contributed by atoms with Crippen LogP contribution in [0.15, 0.2) is 49.6 Å². The van der Waals surface area contributed by atoms with Gasteiger partial charge in [-0.1, -0.05) is 41.9 Å². The zero-order valence-corrected chi connectivity index (χ0v) is 19.3. The van der Waals surface area contributed by atoms with Crippen molar-refractivity contribution in [2.24, 2.45) is 0 Å². The Morgan fingerprint density at radius 1 is 1.33 bits per heavy atom. The molecule has 3 rings (SSSR count). The van der Waals surface area contributed by atoms with E-state index in [1.807, 2.05) is 32.1 Å². The molecule has 1 saturated heterocycles. The molecule has 9 heteroatoms. The van der Waals surface area contributed by atoms with E-state index in [9.17, 15) is 9.59 Å². The van der Waals surface area contributed by atoms with Crippen LogP contribution in [0.2, 0.25) is 0 Å². The fourth-order valence-corrected chi connectivity index (χ4v) is 3.99. The van der Waals surface area contributed by atoms with E-state index >= 15 is 0 Å². The maximum Gasteiger partial charge on any atom is 0.407 e. The highest BCUT2D eigenvalue weighted by Crippen LogP contribution is 2.33. The lowest BCUT2D eigenvalue weighted by Crippen LogP contribution is -2.48. The topological polar surface area (TPSA) is 96.5 Å². The Morgan fingerprint density at radius 3 is 2.76 bits per heavy atom. The lowest BCUT2D eigenvalue weighted by Gasteiger charge is -2.27. The predicted molar refractivity (Wildman–Crippen MR) is 130 cm³/mol. The first-order chi connectivity index (χ1) is 16.0. The van der Waals surface area contributed by atoms with Crippen LogP contribution in [0, 0.1) is 0 Å². The third-order valence-corrected chi connectivity index (χ3v) is 5.63. The number of aromatic nitrogens is 2. The van der Waals surface area contributed by atoms with Crippen molar-refractivity contribution in [3.05, 3.63) is 61.1 Å². The quantitative estimate of drug-likeness (QED) is 0.328. The number of likely N-dealkylation sites (tertiary alicyclic amines) is 1. The van der Waals surface area contributed by atoms with E-state index in [-0.39, 0.29) is 11.9 Å². The Kier molecular flexibility index (Phi) is 8.49. The van der Waals surface area contributed by atoms with Crippen LogP contribution in [0.1, 0.15) is 36.8 Å². The Labute approximate surface area is 195 Å². The van der Waals surface area contributed by atoms with Crippen LogP contribution < -0.4 is 10.8 Å². The standard InChI is InChI=1S/C24H31BN4O4/c1-4-7-18(27-24(31)32-3)23(30)29-13-6-8-20(29)22-26-19(15-33-14-5-2)21(28-22)16-9-11-17(25)12-10-16/h4-5,9-12,18,20H,1-2,6-8,13-15,25H2,3H3,(H,26,28)(H,27,31). The van der Waals surface area contributed by atoms with Crippen molar-refractivity contribution in [2.75, 3.05) is 20.3 Å². The minimum absolute atomic E-state index is 0.180. The normalized spacial score (nSPS) is 16.3. The first kappa shape index (κ1) is 24.3. The van der Waals surface area contributed by atoms with E-state index in [1.165, 1.54) is 7.11 Å². The summed E-state index contributed by atoms with van der Waals surface area (Å²) in [4.78, 5) is 35.1. The van der Waals surface area contributed by atoms with Gasteiger partial charge in [0.2, 0.25) is 5.91 Å². The molecule has 1 aromatic carbocycles. The first-order valence-electron chi connectivity index (χ1n) is 11.1. The van der Waals surface area contributed by atoms with Crippen molar-refractivity contribution in [3.8, 4) is 11.3 Å². The number of imidazole rings is 1. The SMILES string of the molecule is Bc1ccc(-c2nc(C3CCCN3C(=O)C(CC=C)NC(=O)OC)[nH]c2COCC=C)cc1. The van der Waals surface area contributed by atoms with Gasteiger partial charge in [0.1, 0.15) is 19.7 Å². The smallest absolute Gasteiger partial charge is 0.407 e. The molecule has 8 nitrogen and oxygen atoms in total. The molecule has 2 amide bonds. The van der Waals surface area contributed by atoms with Gasteiger partial charge in [-0.25, -0.2) is 9.78 Å². The van der Waals surface area contributed by atoms with E-state index in [2.05, 4.69) is 28.2 Å². The Balaban J connectivity index is 1.89. The van der Waals surface area contributed by atoms with Crippen molar-refractivity contribution in [1.29, 1.82) is 0 Å². The second kappa shape index (κ2) is 11.5. The fourth-order valence-electron chi connectivity index (χ4n) is 3.99. The number of hydrogen-bond acceptors (Lipinski definition) is 5. The molecule has 0 saturated carbocycles. The van der Waals surface area contributed by atoms with Crippen molar-refractivity contribution >= 4 is 25.3 Å². The Morgan fingerprint density at radius 2 is 2.09 bits per heavy atom. The molecule has 2 atom stereocenters. The maximum atomic E-state index is 13.3. The summed E-state index contributed by atoms with van der Waals surface area (Å²) in [6.45, 7) is 8.77. The third kappa shape index (κ3) is 5.93. The lowest BCUT2D eigenvalue weighted by molar-refractivity contribution is -0.134. The minimum atomic E-state index is -0.738. The van der Waals surface area contributed by atoms with E-state index in [1.54, 1.807) is 17.1 Å². The molecule has 2 unspecified atom stereocenters. The van der Waals surface area contributed by atoms with Gasteiger partial charge in [0.25, 0.3) is 0 Å². The van der Waals surface area contributed by atoms with Crippen molar-refractivity contribution in [2.45, 2.75) is 38.0 Å². The van der Waals surface area contributed by atoms with Gasteiger partial charge in [-0.15, -0.1) is 13.2 Å². The zero-order valence-electron chi connectivity index (χ0n) is 19.3. The van der Waals surface area contributed by atoms with Gasteiger partial charge in [-0.2, -0.15) is 0 Å². The summed E-state index contributed by atoms with van der Waals surface area (Å²) >= 11 is 0. The number of nitrogens with one attached hydrogen (secondary N) is 2. The molecule has 2 aromatic rings. The number of rotatable bonds is 10. The predicted octanol–water partition coefficient (Wildman–Crippen LogP) is 2.00. The van der Waals surface area contributed by atoms with Crippen LogP contribution in [0.3, 0.4) is 0 Å². The molecular weight excluding hydrogens is 419 g/mol. The summed E-state index contributed by atoms with van der Waals surface area (Å²) in [5, 5.41) is 2.61. The van der Waals surface area contributed by atoms with E-state index in [0.29, 0.717) is 32.0 Å². The maximum absolute atomic E-state index is 13.3. The number of alkyl carbamates (subject to hydrolysis) is 1. The van der Waals surface area contributed by atoms with E-state index < -0.39 is 12.1 Å². The van der Waals surface area contributed by atoms with Gasteiger partial charge < -0.3 is 24.7 Å². The first-order valence-corrected chi connectivity index (χ1v) is 11.1. The number of methoxy groups -OCH3 is 1. The van der Waals surface area contributed by atoms with Crippen molar-refractivity contribution < 1.29 is 19.1 Å². The summed E-state index contributed by atoms with van der Waals surface area (Å²) in [6.07, 6.45) is 4.60. The minimum Gasteiger partial charge on any atom is -0.453 e. The largest absolute Gasteiger partial charge is 0.453 e. The number of ether oxygens (including phenoxy) is 2. The Bertz CT molecular complexity index is 989. The van der Waals surface area contributed by atoms with Crippen LogP contribution in [-0.2, 0) is 20.9 Å². The second-order valence-electron chi connectivity index (χ2n) is 8.02. The molecule has 0 radical (unpaired) electrons. The highest BCUT2D eigenvalue weighted by Gasteiger charge is 2.36. The van der Waals surface area contributed by atoms with E-state index in [0.717, 1.165) is 35.3 Å². The van der Waals surface area contributed by atoms with E-state index in [4.69, 9.17) is 9.72 Å². The Hall–Kier alpha value is -3.33. The van der Waals surface area contributed by atoms with Gasteiger partial charge in [0.15, 0.2) is 0 Å². The molecule has 33 heavy (non-hydrogen) atoms. The van der Waals surface area contributed by atoms with Gasteiger partial charge in [0, 0.05) is 12.1 Å². The average molecular weight is 450 g/mol.